The van der Waals surface area contributed by atoms with E-state index in [1.165, 1.54) is 6.08 Å². The number of fused-ring (bicyclic) bond motifs is 1. The van der Waals surface area contributed by atoms with E-state index in [1.807, 2.05) is 67.1 Å². The van der Waals surface area contributed by atoms with Crippen molar-refractivity contribution in [2.75, 3.05) is 63.9 Å². The van der Waals surface area contributed by atoms with Gasteiger partial charge in [-0.2, -0.15) is 4.98 Å². The maximum Gasteiger partial charge on any atom is 0.247 e. The number of anilines is 4. The first-order valence-electron chi connectivity index (χ1n) is 12.6. The largest absolute Gasteiger partial charge is 0.494 e. The fourth-order valence-electron chi connectivity index (χ4n) is 4.17. The molecule has 11 nitrogen and oxygen atoms in total. The highest BCUT2D eigenvalue weighted by Crippen LogP contribution is 2.38. The third-order valence-electron chi connectivity index (χ3n) is 6.25. The zero-order valence-electron chi connectivity index (χ0n) is 23.3. The molecule has 0 radical (unpaired) electrons. The molecule has 2 heterocycles. The van der Waals surface area contributed by atoms with Crippen LogP contribution in [0.2, 0.25) is 0 Å². The quantitative estimate of drug-likeness (QED) is 0.225. The maximum atomic E-state index is 12.6. The van der Waals surface area contributed by atoms with E-state index < -0.39 is 11.0 Å². The summed E-state index contributed by atoms with van der Waals surface area (Å²) < 4.78 is 23.0. The Bertz CT molecular complexity index is 1550. The Balaban J connectivity index is 1.73. The molecule has 3 N–H and O–H groups in total. The molecule has 0 aliphatic carbocycles. The maximum absolute atomic E-state index is 12.6. The van der Waals surface area contributed by atoms with Crippen molar-refractivity contribution in [2.45, 2.75) is 4.90 Å². The topological polar surface area (TPSA) is 117 Å². The van der Waals surface area contributed by atoms with Crippen LogP contribution in [0.3, 0.4) is 0 Å². The average Bonchev–Trinajstić information content (AvgIpc) is 3.35. The van der Waals surface area contributed by atoms with Gasteiger partial charge in [-0.3, -0.25) is 9.36 Å². The second kappa shape index (κ2) is 12.7. The lowest BCUT2D eigenvalue weighted by Gasteiger charge is -2.26. The van der Waals surface area contributed by atoms with E-state index in [4.69, 9.17) is 9.72 Å². The Morgan fingerprint density at radius 2 is 1.93 bits per heavy atom. The molecule has 210 valence electrons. The van der Waals surface area contributed by atoms with E-state index >= 15 is 0 Å². The Morgan fingerprint density at radius 1 is 1.15 bits per heavy atom. The lowest BCUT2D eigenvalue weighted by molar-refractivity contribution is -0.111. The van der Waals surface area contributed by atoms with Gasteiger partial charge >= 0.3 is 0 Å². The molecular formula is C28H34N8O3S. The predicted molar refractivity (Wildman–Crippen MR) is 161 cm³/mol. The van der Waals surface area contributed by atoms with E-state index in [9.17, 15) is 9.00 Å². The Morgan fingerprint density at radius 3 is 2.62 bits per heavy atom. The summed E-state index contributed by atoms with van der Waals surface area (Å²) in [5.41, 5.74) is 2.81. The number of nitrogens with zero attached hydrogens (tertiary/aromatic N) is 5. The number of benzene rings is 2. The smallest absolute Gasteiger partial charge is 0.247 e. The number of rotatable bonds is 12. The van der Waals surface area contributed by atoms with Crippen LogP contribution in [0.5, 0.6) is 5.75 Å². The summed E-state index contributed by atoms with van der Waals surface area (Å²) in [7, 11) is 7.83. The zero-order chi connectivity index (χ0) is 28.8. The molecular weight excluding hydrogens is 528 g/mol. The molecule has 2 aromatic carbocycles. The number of amides is 1. The monoisotopic (exact) mass is 562 g/mol. The molecule has 4 rings (SSSR count). The molecule has 1 unspecified atom stereocenters. The highest BCUT2D eigenvalue weighted by atomic mass is 32.2. The minimum atomic E-state index is -1.37. The number of likely N-dealkylation sites (N-methyl/N-ethyl adjacent to an activating group) is 2. The van der Waals surface area contributed by atoms with Gasteiger partial charge in [0.1, 0.15) is 22.6 Å². The standard InChI is InChI=1S/C28H34N8O3S/c1-7-27(37)31-20-16-21(24(39-6)17-23(20)35(5)15-14-34(3)4)32-28-30-13-12-26(33-28)36-18-25(40(38)29-2)19-10-8-9-11-22(19)36/h7-13,16-18,29H,1,14-15H2,2-6H3,(H,31,37)(H,30,32,33). The van der Waals surface area contributed by atoms with Crippen LogP contribution in [-0.4, -0.2) is 77.9 Å². The third kappa shape index (κ3) is 6.30. The van der Waals surface area contributed by atoms with Crippen LogP contribution >= 0.6 is 0 Å². The number of hydrogen-bond donors (Lipinski definition) is 3. The van der Waals surface area contributed by atoms with Crippen molar-refractivity contribution in [2.24, 2.45) is 0 Å². The number of ether oxygens (including phenoxy) is 1. The van der Waals surface area contributed by atoms with Crippen LogP contribution in [0.25, 0.3) is 16.7 Å². The molecule has 12 heteroatoms. The highest BCUT2D eigenvalue weighted by Gasteiger charge is 2.18. The number of aromatic nitrogens is 3. The van der Waals surface area contributed by atoms with Crippen LogP contribution in [0.4, 0.5) is 23.0 Å². The minimum absolute atomic E-state index is 0.319. The summed E-state index contributed by atoms with van der Waals surface area (Å²) in [5, 5.41) is 6.99. The van der Waals surface area contributed by atoms with Crippen LogP contribution in [0, 0.1) is 0 Å². The summed E-state index contributed by atoms with van der Waals surface area (Å²) in [6, 6.07) is 13.1. The summed E-state index contributed by atoms with van der Waals surface area (Å²) in [4.78, 5) is 26.2. The van der Waals surface area contributed by atoms with Gasteiger partial charge in [0.05, 0.1) is 34.6 Å². The normalized spacial score (nSPS) is 11.8. The predicted octanol–water partition coefficient (Wildman–Crippen LogP) is 3.54. The van der Waals surface area contributed by atoms with E-state index in [0.29, 0.717) is 33.8 Å². The molecule has 0 saturated carbocycles. The van der Waals surface area contributed by atoms with Crippen LogP contribution in [-0.2, 0) is 15.8 Å². The minimum Gasteiger partial charge on any atom is -0.494 e. The molecule has 1 amide bonds. The second-order valence-electron chi connectivity index (χ2n) is 9.20. The first kappa shape index (κ1) is 28.7. The molecule has 0 aliphatic rings. The molecule has 0 spiro atoms. The van der Waals surface area contributed by atoms with E-state index in [-0.39, 0.29) is 5.91 Å². The molecule has 0 aliphatic heterocycles. The number of carbonyl (C=O) groups is 1. The van der Waals surface area contributed by atoms with E-state index in [2.05, 4.69) is 31.8 Å². The third-order valence-corrected chi connectivity index (χ3v) is 7.35. The molecule has 0 saturated heterocycles. The number of methoxy groups -OCH3 is 1. The van der Waals surface area contributed by atoms with Gasteiger partial charge in [0.25, 0.3) is 0 Å². The Labute approximate surface area is 236 Å². The van der Waals surface area contributed by atoms with Crippen molar-refractivity contribution >= 4 is 50.8 Å². The van der Waals surface area contributed by atoms with Crippen molar-refractivity contribution in [1.29, 1.82) is 0 Å². The van der Waals surface area contributed by atoms with Crippen molar-refractivity contribution in [3.8, 4) is 11.6 Å². The number of hydrogen-bond acceptors (Lipinski definition) is 8. The summed E-state index contributed by atoms with van der Waals surface area (Å²) >= 11 is 0. The highest BCUT2D eigenvalue weighted by molar-refractivity contribution is 7.83. The number of carbonyl (C=O) groups excluding carboxylic acids is 1. The molecule has 40 heavy (non-hydrogen) atoms. The SMILES string of the molecule is C=CC(=O)Nc1cc(Nc2nccc(-n3cc(S(=O)NC)c4ccccc43)n2)c(OC)cc1N(C)CCN(C)C. The van der Waals surface area contributed by atoms with Gasteiger partial charge in [-0.1, -0.05) is 24.8 Å². The fourth-order valence-corrected chi connectivity index (χ4v) is 4.96. The molecule has 4 aromatic rings. The van der Waals surface area contributed by atoms with Crippen LogP contribution in [0.1, 0.15) is 0 Å². The zero-order valence-corrected chi connectivity index (χ0v) is 24.1. The average molecular weight is 563 g/mol. The van der Waals surface area contributed by atoms with Gasteiger partial charge in [0.2, 0.25) is 11.9 Å². The number of nitrogens with one attached hydrogen (secondary N) is 3. The van der Waals surface area contributed by atoms with Gasteiger partial charge in [-0.15, -0.1) is 0 Å². The van der Waals surface area contributed by atoms with Crippen molar-refractivity contribution in [1.82, 2.24) is 24.2 Å². The van der Waals surface area contributed by atoms with E-state index in [1.54, 1.807) is 32.5 Å². The van der Waals surface area contributed by atoms with Crippen molar-refractivity contribution < 1.29 is 13.7 Å². The molecule has 0 bridgehead atoms. The van der Waals surface area contributed by atoms with Crippen molar-refractivity contribution in [3.63, 3.8) is 0 Å². The summed E-state index contributed by atoms with van der Waals surface area (Å²) in [6.07, 6.45) is 4.68. The Kier molecular flexibility index (Phi) is 9.15. The summed E-state index contributed by atoms with van der Waals surface area (Å²) in [6.45, 7) is 5.13. The van der Waals surface area contributed by atoms with Gasteiger partial charge in [0.15, 0.2) is 0 Å². The van der Waals surface area contributed by atoms with Gasteiger partial charge < -0.3 is 25.2 Å². The van der Waals surface area contributed by atoms with Crippen LogP contribution < -0.4 is 25.0 Å². The lowest BCUT2D eigenvalue weighted by Crippen LogP contribution is -2.29. The molecule has 0 fully saturated rings. The van der Waals surface area contributed by atoms with Gasteiger partial charge in [0, 0.05) is 44.0 Å². The Hall–Kier alpha value is -4.26. The molecule has 1 atom stereocenters. The number of para-hydroxylation sites is 1. The van der Waals surface area contributed by atoms with E-state index in [0.717, 1.165) is 29.7 Å². The van der Waals surface area contributed by atoms with Crippen LogP contribution in [0.15, 0.2) is 72.4 Å². The van der Waals surface area contributed by atoms with Crippen molar-refractivity contribution in [3.05, 3.63) is 67.5 Å². The van der Waals surface area contributed by atoms with Gasteiger partial charge in [-0.05, 0) is 45.4 Å². The van der Waals surface area contributed by atoms with Gasteiger partial charge in [-0.25, -0.2) is 13.9 Å². The summed E-state index contributed by atoms with van der Waals surface area (Å²) in [5.74, 6) is 1.13. The second-order valence-corrected chi connectivity index (χ2v) is 10.6. The fraction of sp³-hybridized carbons (Fsp3) is 0.250. The first-order valence-corrected chi connectivity index (χ1v) is 13.7. The first-order chi connectivity index (χ1) is 19.2. The molecule has 2 aromatic heterocycles. The lowest BCUT2D eigenvalue weighted by atomic mass is 10.2.